The maximum atomic E-state index is 10.7. The topological polar surface area (TPSA) is 81.2 Å². The van der Waals surface area contributed by atoms with Gasteiger partial charge in [0.15, 0.2) is 0 Å². The summed E-state index contributed by atoms with van der Waals surface area (Å²) in [5.74, 6) is 0. The highest BCUT2D eigenvalue weighted by atomic mass is 16.6. The van der Waals surface area contributed by atoms with Gasteiger partial charge in [-0.05, 0) is 18.9 Å². The second-order valence-corrected chi connectivity index (χ2v) is 3.85. The second-order valence-electron chi connectivity index (χ2n) is 3.85. The van der Waals surface area contributed by atoms with Crippen LogP contribution in [0.1, 0.15) is 12.8 Å². The van der Waals surface area contributed by atoms with E-state index in [2.05, 4.69) is 5.32 Å². The van der Waals surface area contributed by atoms with Crippen molar-refractivity contribution >= 4 is 11.4 Å². The zero-order valence-electron chi connectivity index (χ0n) is 8.22. The van der Waals surface area contributed by atoms with Crippen molar-refractivity contribution in [3.63, 3.8) is 0 Å². The Hall–Kier alpha value is -1.62. The Balaban J connectivity index is 2.10. The summed E-state index contributed by atoms with van der Waals surface area (Å²) in [4.78, 5) is 10.3. The number of nitrogens with zero attached hydrogens (tertiary/aromatic N) is 1. The molecule has 0 saturated heterocycles. The molecular weight excluding hydrogens is 194 g/mol. The normalized spacial score (nSPS) is 24.3. The highest BCUT2D eigenvalue weighted by Crippen LogP contribution is 2.28. The third kappa shape index (κ3) is 2.07. The van der Waals surface area contributed by atoms with Gasteiger partial charge >= 0.3 is 0 Å². The molecular formula is C10H13N3O2. The molecule has 2 rings (SSSR count). The number of para-hydroxylation sites is 2. The average molecular weight is 207 g/mol. The van der Waals surface area contributed by atoms with E-state index in [1.807, 2.05) is 0 Å². The summed E-state index contributed by atoms with van der Waals surface area (Å²) in [7, 11) is 0. The van der Waals surface area contributed by atoms with E-state index >= 15 is 0 Å². The largest absolute Gasteiger partial charge is 0.377 e. The van der Waals surface area contributed by atoms with E-state index in [9.17, 15) is 10.1 Å². The van der Waals surface area contributed by atoms with Crippen molar-refractivity contribution < 1.29 is 4.92 Å². The van der Waals surface area contributed by atoms with E-state index in [0.717, 1.165) is 12.8 Å². The first-order chi connectivity index (χ1) is 7.16. The summed E-state index contributed by atoms with van der Waals surface area (Å²) in [6, 6.07) is 7.19. The van der Waals surface area contributed by atoms with Crippen LogP contribution in [-0.2, 0) is 0 Å². The quantitative estimate of drug-likeness (QED) is 0.581. The van der Waals surface area contributed by atoms with Crippen LogP contribution in [0.2, 0.25) is 0 Å². The van der Waals surface area contributed by atoms with Gasteiger partial charge in [0.1, 0.15) is 5.69 Å². The third-order valence-corrected chi connectivity index (χ3v) is 2.63. The number of anilines is 1. The molecule has 0 atom stereocenters. The molecule has 0 amide bonds. The van der Waals surface area contributed by atoms with E-state index in [1.165, 1.54) is 6.07 Å². The maximum Gasteiger partial charge on any atom is 0.292 e. The first-order valence-corrected chi connectivity index (χ1v) is 4.92. The van der Waals surface area contributed by atoms with Crippen LogP contribution >= 0.6 is 0 Å². The van der Waals surface area contributed by atoms with E-state index in [0.29, 0.717) is 5.69 Å². The van der Waals surface area contributed by atoms with Crippen molar-refractivity contribution in [2.45, 2.75) is 24.9 Å². The summed E-state index contributed by atoms with van der Waals surface area (Å²) < 4.78 is 0. The van der Waals surface area contributed by atoms with Crippen LogP contribution in [0.15, 0.2) is 24.3 Å². The van der Waals surface area contributed by atoms with Gasteiger partial charge in [0.2, 0.25) is 0 Å². The van der Waals surface area contributed by atoms with Gasteiger partial charge in [-0.25, -0.2) is 0 Å². The monoisotopic (exact) mass is 207 g/mol. The Morgan fingerprint density at radius 1 is 1.40 bits per heavy atom. The third-order valence-electron chi connectivity index (χ3n) is 2.63. The summed E-state index contributed by atoms with van der Waals surface area (Å²) in [6.45, 7) is 0. The molecule has 3 N–H and O–H groups in total. The van der Waals surface area contributed by atoms with Gasteiger partial charge < -0.3 is 11.1 Å². The standard InChI is InChI=1S/C10H13N3O2/c11-7-5-8(6-7)12-9-3-1-2-4-10(9)13(14)15/h1-4,7-8,12H,5-6,11H2. The van der Waals surface area contributed by atoms with Gasteiger partial charge in [-0.1, -0.05) is 12.1 Å². The van der Waals surface area contributed by atoms with Gasteiger partial charge in [-0.3, -0.25) is 10.1 Å². The van der Waals surface area contributed by atoms with Crippen molar-refractivity contribution in [3.8, 4) is 0 Å². The van der Waals surface area contributed by atoms with Crippen LogP contribution in [0.25, 0.3) is 0 Å². The predicted molar refractivity (Wildman–Crippen MR) is 57.7 cm³/mol. The zero-order chi connectivity index (χ0) is 10.8. The maximum absolute atomic E-state index is 10.7. The number of hydrogen-bond donors (Lipinski definition) is 2. The lowest BCUT2D eigenvalue weighted by Crippen LogP contribution is -2.44. The number of rotatable bonds is 3. The predicted octanol–water partition coefficient (Wildman–Crippen LogP) is 1.50. The first kappa shape index (κ1) is 9.92. The Bertz CT molecular complexity index is 375. The number of nitrogens with two attached hydrogens (primary N) is 1. The van der Waals surface area contributed by atoms with Crippen molar-refractivity contribution in [1.82, 2.24) is 0 Å². The first-order valence-electron chi connectivity index (χ1n) is 4.92. The van der Waals surface area contributed by atoms with E-state index in [-0.39, 0.29) is 22.7 Å². The van der Waals surface area contributed by atoms with Gasteiger partial charge in [0.05, 0.1) is 4.92 Å². The van der Waals surface area contributed by atoms with Gasteiger partial charge in [-0.15, -0.1) is 0 Å². The average Bonchev–Trinajstić information content (AvgIpc) is 2.16. The molecule has 1 aromatic rings. The van der Waals surface area contributed by atoms with Gasteiger partial charge in [-0.2, -0.15) is 0 Å². The van der Waals surface area contributed by atoms with Crippen LogP contribution in [-0.4, -0.2) is 17.0 Å². The van der Waals surface area contributed by atoms with E-state index < -0.39 is 0 Å². The van der Waals surface area contributed by atoms with Crippen LogP contribution in [0.3, 0.4) is 0 Å². The second kappa shape index (κ2) is 3.86. The highest BCUT2D eigenvalue weighted by Gasteiger charge is 2.27. The van der Waals surface area contributed by atoms with Crippen LogP contribution in [0.4, 0.5) is 11.4 Å². The molecule has 0 aliphatic heterocycles. The Kier molecular flexibility index (Phi) is 2.55. The molecule has 0 unspecified atom stereocenters. The molecule has 5 heteroatoms. The lowest BCUT2D eigenvalue weighted by molar-refractivity contribution is -0.384. The SMILES string of the molecule is NC1CC(Nc2ccccc2[N+](=O)[O-])C1. The molecule has 0 spiro atoms. The van der Waals surface area contributed by atoms with Crippen molar-refractivity contribution in [2.24, 2.45) is 5.73 Å². The molecule has 0 aromatic heterocycles. The minimum Gasteiger partial charge on any atom is -0.377 e. The Morgan fingerprint density at radius 2 is 2.07 bits per heavy atom. The molecule has 1 fully saturated rings. The molecule has 5 nitrogen and oxygen atoms in total. The number of benzene rings is 1. The Morgan fingerprint density at radius 3 is 2.67 bits per heavy atom. The highest BCUT2D eigenvalue weighted by molar-refractivity contribution is 5.61. The number of hydrogen-bond acceptors (Lipinski definition) is 4. The number of nitro groups is 1. The lowest BCUT2D eigenvalue weighted by atomic mass is 9.87. The van der Waals surface area contributed by atoms with Gasteiger partial charge in [0.25, 0.3) is 5.69 Å². The van der Waals surface area contributed by atoms with Crippen LogP contribution in [0.5, 0.6) is 0 Å². The minimum atomic E-state index is -0.374. The van der Waals surface area contributed by atoms with Crippen LogP contribution in [0, 0.1) is 10.1 Å². The molecule has 80 valence electrons. The van der Waals surface area contributed by atoms with Gasteiger partial charge in [0, 0.05) is 18.2 Å². The summed E-state index contributed by atoms with van der Waals surface area (Å²) in [6.07, 6.45) is 1.76. The molecule has 15 heavy (non-hydrogen) atoms. The number of nitrogens with one attached hydrogen (secondary N) is 1. The summed E-state index contributed by atoms with van der Waals surface area (Å²) in [5, 5.41) is 13.9. The van der Waals surface area contributed by atoms with Crippen molar-refractivity contribution in [1.29, 1.82) is 0 Å². The summed E-state index contributed by atoms with van der Waals surface area (Å²) in [5.41, 5.74) is 6.35. The molecule has 1 aromatic carbocycles. The molecule has 0 bridgehead atoms. The molecule has 1 saturated carbocycles. The Labute approximate surface area is 87.4 Å². The molecule has 0 heterocycles. The fraction of sp³-hybridized carbons (Fsp3) is 0.400. The fourth-order valence-corrected chi connectivity index (χ4v) is 1.75. The van der Waals surface area contributed by atoms with Crippen molar-refractivity contribution in [3.05, 3.63) is 34.4 Å². The minimum absolute atomic E-state index is 0.123. The fourth-order valence-electron chi connectivity index (χ4n) is 1.75. The molecule has 1 aliphatic rings. The van der Waals surface area contributed by atoms with E-state index in [1.54, 1.807) is 18.2 Å². The number of nitro benzene ring substituents is 1. The molecule has 0 radical (unpaired) electrons. The van der Waals surface area contributed by atoms with Crippen molar-refractivity contribution in [2.75, 3.05) is 5.32 Å². The smallest absolute Gasteiger partial charge is 0.292 e. The zero-order valence-corrected chi connectivity index (χ0v) is 8.22. The summed E-state index contributed by atoms with van der Waals surface area (Å²) >= 11 is 0. The molecule has 1 aliphatic carbocycles. The van der Waals surface area contributed by atoms with E-state index in [4.69, 9.17) is 5.73 Å². The van der Waals surface area contributed by atoms with Crippen LogP contribution < -0.4 is 11.1 Å². The lowest BCUT2D eigenvalue weighted by Gasteiger charge is -2.33.